The molecule has 1 unspecified atom stereocenters. The Bertz CT molecular complexity index is 469. The van der Waals surface area contributed by atoms with E-state index in [9.17, 15) is 9.18 Å². The van der Waals surface area contributed by atoms with E-state index in [-0.39, 0.29) is 23.8 Å². The zero-order valence-electron chi connectivity index (χ0n) is 12.5. The van der Waals surface area contributed by atoms with Crippen molar-refractivity contribution in [3.05, 3.63) is 24.0 Å². The number of halogens is 1. The van der Waals surface area contributed by atoms with Gasteiger partial charge in [-0.25, -0.2) is 4.39 Å². The molecule has 1 atom stereocenters. The van der Waals surface area contributed by atoms with Crippen LogP contribution in [0.4, 0.5) is 10.1 Å². The quantitative estimate of drug-likeness (QED) is 0.872. The van der Waals surface area contributed by atoms with E-state index in [0.29, 0.717) is 11.4 Å². The van der Waals surface area contributed by atoms with Crippen molar-refractivity contribution < 1.29 is 13.9 Å². The predicted octanol–water partition coefficient (Wildman–Crippen LogP) is 2.93. The van der Waals surface area contributed by atoms with E-state index < -0.39 is 5.82 Å². The molecule has 5 heteroatoms. The molecule has 0 radical (unpaired) electrons. The fraction of sp³-hybridized carbons (Fsp3) is 0.533. The topological polar surface area (TPSA) is 64.3 Å². The van der Waals surface area contributed by atoms with E-state index in [1.54, 1.807) is 0 Å². The summed E-state index contributed by atoms with van der Waals surface area (Å²) in [7, 11) is 1.43. The highest BCUT2D eigenvalue weighted by atomic mass is 19.1. The number of hydrogen-bond donors (Lipinski definition) is 2. The van der Waals surface area contributed by atoms with Crippen LogP contribution in [0.25, 0.3) is 0 Å². The first-order valence-electron chi connectivity index (χ1n) is 6.60. The van der Waals surface area contributed by atoms with Gasteiger partial charge in [-0.05, 0) is 24.0 Å². The first-order valence-corrected chi connectivity index (χ1v) is 6.60. The van der Waals surface area contributed by atoms with Crippen LogP contribution in [0, 0.1) is 11.2 Å². The first-order chi connectivity index (χ1) is 9.21. The third-order valence-electron chi connectivity index (χ3n) is 2.76. The minimum atomic E-state index is -0.413. The number of ether oxygens (including phenoxy) is 1. The lowest BCUT2D eigenvalue weighted by molar-refractivity contribution is -0.116. The lowest BCUT2D eigenvalue weighted by Gasteiger charge is -2.22. The molecule has 0 aliphatic heterocycles. The van der Waals surface area contributed by atoms with Gasteiger partial charge >= 0.3 is 0 Å². The molecule has 0 saturated heterocycles. The molecule has 0 spiro atoms. The van der Waals surface area contributed by atoms with Crippen molar-refractivity contribution in [2.45, 2.75) is 39.7 Å². The van der Waals surface area contributed by atoms with Crippen molar-refractivity contribution in [1.29, 1.82) is 0 Å². The van der Waals surface area contributed by atoms with Gasteiger partial charge in [-0.3, -0.25) is 4.79 Å². The molecule has 0 bridgehead atoms. The molecule has 0 aliphatic carbocycles. The summed E-state index contributed by atoms with van der Waals surface area (Å²) in [6.07, 6.45) is 0.971. The summed E-state index contributed by atoms with van der Waals surface area (Å²) < 4.78 is 18.1. The summed E-state index contributed by atoms with van der Waals surface area (Å²) in [6, 6.07) is 3.76. The third kappa shape index (κ3) is 5.57. The Morgan fingerprint density at radius 1 is 1.45 bits per heavy atom. The lowest BCUT2D eigenvalue weighted by atomic mass is 9.87. The standard InChI is InChI=1S/C15H23FN2O2/c1-15(2,3)9-11(17)8-14(19)18-12-6-5-10(16)7-13(12)20-4/h5-7,11H,8-9,17H2,1-4H3,(H,18,19). The van der Waals surface area contributed by atoms with Crippen LogP contribution in [0.2, 0.25) is 0 Å². The Hall–Kier alpha value is -1.62. The van der Waals surface area contributed by atoms with Crippen LogP contribution in [0.3, 0.4) is 0 Å². The monoisotopic (exact) mass is 282 g/mol. The van der Waals surface area contributed by atoms with Gasteiger partial charge in [-0.1, -0.05) is 20.8 Å². The lowest BCUT2D eigenvalue weighted by Crippen LogP contribution is -2.31. The molecule has 1 rings (SSSR count). The number of carbonyl (C=O) groups excluding carboxylic acids is 1. The normalized spacial score (nSPS) is 12.9. The molecule has 0 aliphatic rings. The van der Waals surface area contributed by atoms with Gasteiger partial charge in [0.15, 0.2) is 0 Å². The first kappa shape index (κ1) is 16.4. The molecule has 3 N–H and O–H groups in total. The number of methoxy groups -OCH3 is 1. The second-order valence-corrected chi connectivity index (χ2v) is 6.12. The van der Waals surface area contributed by atoms with Crippen LogP contribution < -0.4 is 15.8 Å². The zero-order valence-corrected chi connectivity index (χ0v) is 12.5. The van der Waals surface area contributed by atoms with Gasteiger partial charge < -0.3 is 15.8 Å². The van der Waals surface area contributed by atoms with Gasteiger partial charge in [0, 0.05) is 18.5 Å². The molecule has 112 valence electrons. The summed E-state index contributed by atoms with van der Waals surface area (Å²) in [5, 5.41) is 2.69. The number of nitrogens with two attached hydrogens (primary N) is 1. The predicted molar refractivity (Wildman–Crippen MR) is 78.2 cm³/mol. The molecule has 0 aromatic heterocycles. The van der Waals surface area contributed by atoms with E-state index in [1.807, 2.05) is 0 Å². The van der Waals surface area contributed by atoms with Crippen LogP contribution >= 0.6 is 0 Å². The highest BCUT2D eigenvalue weighted by Gasteiger charge is 2.18. The number of benzene rings is 1. The maximum absolute atomic E-state index is 13.1. The van der Waals surface area contributed by atoms with E-state index in [4.69, 9.17) is 10.5 Å². The SMILES string of the molecule is COc1cc(F)ccc1NC(=O)CC(N)CC(C)(C)C. The molecule has 0 saturated carbocycles. The Morgan fingerprint density at radius 2 is 2.10 bits per heavy atom. The number of amides is 1. The number of carbonyl (C=O) groups is 1. The molecule has 0 fully saturated rings. The molecule has 1 aromatic carbocycles. The molecular weight excluding hydrogens is 259 g/mol. The van der Waals surface area contributed by atoms with Crippen molar-refractivity contribution in [3.8, 4) is 5.75 Å². The number of rotatable bonds is 5. The number of hydrogen-bond acceptors (Lipinski definition) is 3. The van der Waals surface area contributed by atoms with Crippen molar-refractivity contribution in [1.82, 2.24) is 0 Å². The summed E-state index contributed by atoms with van der Waals surface area (Å²) in [4.78, 5) is 11.9. The van der Waals surface area contributed by atoms with Crippen molar-refractivity contribution in [2.75, 3.05) is 12.4 Å². The fourth-order valence-electron chi connectivity index (χ4n) is 2.07. The Labute approximate surface area is 119 Å². The maximum atomic E-state index is 13.1. The average molecular weight is 282 g/mol. The Balaban J connectivity index is 2.63. The van der Waals surface area contributed by atoms with Crippen LogP contribution in [-0.4, -0.2) is 19.1 Å². The Kier molecular flexibility index (Phi) is 5.51. The fourth-order valence-corrected chi connectivity index (χ4v) is 2.07. The number of nitrogens with one attached hydrogen (secondary N) is 1. The van der Waals surface area contributed by atoms with E-state index in [0.717, 1.165) is 6.42 Å². The molecule has 20 heavy (non-hydrogen) atoms. The van der Waals surface area contributed by atoms with Crippen molar-refractivity contribution >= 4 is 11.6 Å². The average Bonchev–Trinajstić information content (AvgIpc) is 2.28. The second-order valence-electron chi connectivity index (χ2n) is 6.12. The highest BCUT2D eigenvalue weighted by molar-refractivity contribution is 5.92. The second kappa shape index (κ2) is 6.70. The van der Waals surface area contributed by atoms with E-state index in [2.05, 4.69) is 26.1 Å². The summed E-state index contributed by atoms with van der Waals surface area (Å²) in [5.74, 6) is -0.321. The minimum absolute atomic E-state index is 0.0766. The zero-order chi connectivity index (χ0) is 15.3. The number of anilines is 1. The van der Waals surface area contributed by atoms with Crippen LogP contribution in [0.15, 0.2) is 18.2 Å². The van der Waals surface area contributed by atoms with Crippen LogP contribution in [0.5, 0.6) is 5.75 Å². The van der Waals surface area contributed by atoms with E-state index in [1.165, 1.54) is 25.3 Å². The summed E-state index contributed by atoms with van der Waals surface area (Å²) in [5.41, 5.74) is 6.48. The maximum Gasteiger partial charge on any atom is 0.226 e. The van der Waals surface area contributed by atoms with Gasteiger partial charge in [-0.15, -0.1) is 0 Å². The van der Waals surface area contributed by atoms with E-state index >= 15 is 0 Å². The molecule has 0 heterocycles. The minimum Gasteiger partial charge on any atom is -0.494 e. The van der Waals surface area contributed by atoms with Gasteiger partial charge in [0.25, 0.3) is 0 Å². The molecule has 1 amide bonds. The van der Waals surface area contributed by atoms with Gasteiger partial charge in [0.1, 0.15) is 11.6 Å². The van der Waals surface area contributed by atoms with Crippen LogP contribution in [-0.2, 0) is 4.79 Å². The third-order valence-corrected chi connectivity index (χ3v) is 2.76. The van der Waals surface area contributed by atoms with Gasteiger partial charge in [-0.2, -0.15) is 0 Å². The highest BCUT2D eigenvalue weighted by Crippen LogP contribution is 2.26. The smallest absolute Gasteiger partial charge is 0.226 e. The van der Waals surface area contributed by atoms with Crippen LogP contribution in [0.1, 0.15) is 33.6 Å². The largest absolute Gasteiger partial charge is 0.494 e. The van der Waals surface area contributed by atoms with Gasteiger partial charge in [0.05, 0.1) is 12.8 Å². The van der Waals surface area contributed by atoms with Crippen molar-refractivity contribution in [3.63, 3.8) is 0 Å². The molecule has 1 aromatic rings. The Morgan fingerprint density at radius 3 is 2.65 bits per heavy atom. The summed E-state index contributed by atoms with van der Waals surface area (Å²) in [6.45, 7) is 6.23. The molecule has 4 nitrogen and oxygen atoms in total. The summed E-state index contributed by atoms with van der Waals surface area (Å²) >= 11 is 0. The molecular formula is C15H23FN2O2. The van der Waals surface area contributed by atoms with Crippen molar-refractivity contribution in [2.24, 2.45) is 11.1 Å². The van der Waals surface area contributed by atoms with Gasteiger partial charge in [0.2, 0.25) is 5.91 Å².